The first-order valence-electron chi connectivity index (χ1n) is 6.95. The van der Waals surface area contributed by atoms with E-state index in [1.807, 2.05) is 24.4 Å². The first-order chi connectivity index (χ1) is 10.5. The Morgan fingerprint density at radius 1 is 1.32 bits per heavy atom. The molecule has 7 heteroatoms. The van der Waals surface area contributed by atoms with Crippen molar-refractivity contribution < 1.29 is 4.79 Å². The average Bonchev–Trinajstić information content (AvgIpc) is 3.11. The molecule has 0 saturated carbocycles. The topological polar surface area (TPSA) is 73.1 Å². The molecule has 0 radical (unpaired) electrons. The number of carbonyl (C=O) groups excluding carboxylic acids is 1. The van der Waals surface area contributed by atoms with Crippen LogP contribution in [0.5, 0.6) is 0 Å². The molecule has 0 saturated heterocycles. The molecule has 2 aromatic heterocycles. The summed E-state index contributed by atoms with van der Waals surface area (Å²) in [4.78, 5) is 37.9. The molecule has 2 aromatic rings. The third kappa shape index (κ3) is 2.14. The van der Waals surface area contributed by atoms with Gasteiger partial charge in [0.15, 0.2) is 0 Å². The molecule has 1 aliphatic rings. The summed E-state index contributed by atoms with van der Waals surface area (Å²) in [5.41, 5.74) is -0.605. The number of nitrogens with one attached hydrogen (secondary N) is 1. The maximum absolute atomic E-state index is 12.5. The van der Waals surface area contributed by atoms with Crippen LogP contribution < -0.4 is 16.6 Å². The van der Waals surface area contributed by atoms with Crippen molar-refractivity contribution >= 4 is 29.0 Å². The van der Waals surface area contributed by atoms with E-state index in [0.717, 1.165) is 15.9 Å². The minimum absolute atomic E-state index is 0.0401. The van der Waals surface area contributed by atoms with Gasteiger partial charge in [-0.2, -0.15) is 0 Å². The van der Waals surface area contributed by atoms with Gasteiger partial charge in [0.25, 0.3) is 5.56 Å². The van der Waals surface area contributed by atoms with Crippen LogP contribution in [0.2, 0.25) is 0 Å². The van der Waals surface area contributed by atoms with Crippen molar-refractivity contribution in [2.75, 3.05) is 5.32 Å². The van der Waals surface area contributed by atoms with Crippen molar-refractivity contribution in [1.82, 2.24) is 9.13 Å². The maximum Gasteiger partial charge on any atom is 0.332 e. The first kappa shape index (κ1) is 14.5. The summed E-state index contributed by atoms with van der Waals surface area (Å²) in [6.45, 7) is 2.38. The van der Waals surface area contributed by atoms with Crippen LogP contribution in [-0.2, 0) is 13.6 Å². The molecular weight excluding hydrogens is 302 g/mol. The Bertz CT molecular complexity index is 888. The van der Waals surface area contributed by atoms with Gasteiger partial charge in [-0.1, -0.05) is 13.0 Å². The molecule has 0 aromatic carbocycles. The molecule has 0 fully saturated rings. The summed E-state index contributed by atoms with van der Waals surface area (Å²) in [5.74, 6) is -0.0587. The third-order valence-electron chi connectivity index (χ3n) is 3.54. The highest BCUT2D eigenvalue weighted by Gasteiger charge is 2.32. The van der Waals surface area contributed by atoms with Crippen LogP contribution >= 0.6 is 11.3 Å². The van der Waals surface area contributed by atoms with Crippen molar-refractivity contribution in [1.29, 1.82) is 0 Å². The van der Waals surface area contributed by atoms with Gasteiger partial charge in [0.1, 0.15) is 11.4 Å². The van der Waals surface area contributed by atoms with E-state index in [4.69, 9.17) is 0 Å². The highest BCUT2D eigenvalue weighted by Crippen LogP contribution is 2.26. The number of aromatic nitrogens is 2. The molecule has 6 nitrogen and oxygen atoms in total. The average molecular weight is 317 g/mol. The highest BCUT2D eigenvalue weighted by molar-refractivity contribution is 7.10. The molecule has 0 aliphatic carbocycles. The Labute approximate surface area is 130 Å². The van der Waals surface area contributed by atoms with Gasteiger partial charge in [-0.05, 0) is 23.9 Å². The minimum atomic E-state index is -0.556. The number of carbonyl (C=O) groups is 1. The molecular formula is C15H15N3O3S. The lowest BCUT2D eigenvalue weighted by Crippen LogP contribution is -2.40. The number of hydrogen-bond acceptors (Lipinski definition) is 5. The molecule has 114 valence electrons. The molecule has 3 heterocycles. The number of fused-ring (bicyclic) bond motifs is 1. The van der Waals surface area contributed by atoms with Crippen LogP contribution in [-0.4, -0.2) is 14.9 Å². The quantitative estimate of drug-likeness (QED) is 0.874. The highest BCUT2D eigenvalue weighted by atomic mass is 32.1. The summed E-state index contributed by atoms with van der Waals surface area (Å²) >= 11 is 1.50. The molecule has 0 amide bonds. The Kier molecular flexibility index (Phi) is 3.58. The Balaban J connectivity index is 2.20. The van der Waals surface area contributed by atoms with Crippen LogP contribution in [0.4, 0.5) is 5.82 Å². The normalized spacial score (nSPS) is 15.2. The monoisotopic (exact) mass is 317 g/mol. The van der Waals surface area contributed by atoms with Gasteiger partial charge < -0.3 is 5.32 Å². The lowest BCUT2D eigenvalue weighted by molar-refractivity contribution is 0.104. The fourth-order valence-corrected chi connectivity index (χ4v) is 3.13. The van der Waals surface area contributed by atoms with E-state index in [9.17, 15) is 14.4 Å². The van der Waals surface area contributed by atoms with Gasteiger partial charge in [-0.3, -0.25) is 18.7 Å². The zero-order valence-electron chi connectivity index (χ0n) is 12.3. The molecule has 1 N–H and O–H groups in total. The predicted molar refractivity (Wildman–Crippen MR) is 86.5 cm³/mol. The summed E-state index contributed by atoms with van der Waals surface area (Å²) in [6.07, 6.45) is 2.43. The molecule has 0 unspecified atom stereocenters. The summed E-state index contributed by atoms with van der Waals surface area (Å²) in [6, 6.07) is 3.77. The third-order valence-corrected chi connectivity index (χ3v) is 4.36. The summed E-state index contributed by atoms with van der Waals surface area (Å²) < 4.78 is 2.44. The van der Waals surface area contributed by atoms with Gasteiger partial charge >= 0.3 is 5.69 Å². The fourth-order valence-electron chi connectivity index (χ4n) is 2.47. The zero-order valence-corrected chi connectivity index (χ0v) is 13.1. The lowest BCUT2D eigenvalue weighted by Gasteiger charge is -2.11. The molecule has 1 aliphatic heterocycles. The number of allylic oxidation sites excluding steroid dienone is 1. The van der Waals surface area contributed by atoms with Crippen molar-refractivity contribution in [3.8, 4) is 0 Å². The Morgan fingerprint density at radius 3 is 2.73 bits per heavy atom. The SMILES string of the molecule is CCCn1c2c(c(=O)n(C)c1=O)C(=O)/C(=C/c1cccs1)N2. The van der Waals surface area contributed by atoms with Crippen molar-refractivity contribution in [3.63, 3.8) is 0 Å². The van der Waals surface area contributed by atoms with Gasteiger partial charge in [-0.15, -0.1) is 11.3 Å². The summed E-state index contributed by atoms with van der Waals surface area (Å²) in [7, 11) is 1.39. The van der Waals surface area contributed by atoms with Crippen molar-refractivity contribution in [3.05, 3.63) is 54.5 Å². The van der Waals surface area contributed by atoms with E-state index in [-0.39, 0.29) is 11.3 Å². The smallest absolute Gasteiger partial charge is 0.332 e. The standard InChI is InChI=1S/C15H15N3O3S/c1-3-6-18-13-11(14(20)17(2)15(18)21)12(19)10(16-13)8-9-5-4-7-22-9/h4-5,7-8,16H,3,6H2,1-2H3/b10-8-. The minimum Gasteiger partial charge on any atom is -0.337 e. The van der Waals surface area contributed by atoms with Crippen LogP contribution in [0.15, 0.2) is 32.8 Å². The van der Waals surface area contributed by atoms with E-state index in [1.165, 1.54) is 23.0 Å². The number of nitrogens with zero attached hydrogens (tertiary/aromatic N) is 2. The van der Waals surface area contributed by atoms with Gasteiger partial charge in [0.2, 0.25) is 5.78 Å². The van der Waals surface area contributed by atoms with E-state index in [2.05, 4.69) is 5.32 Å². The van der Waals surface area contributed by atoms with E-state index < -0.39 is 11.2 Å². The maximum atomic E-state index is 12.5. The summed E-state index contributed by atoms with van der Waals surface area (Å²) in [5, 5.41) is 4.86. The van der Waals surface area contributed by atoms with Crippen LogP contribution in [0.1, 0.15) is 28.6 Å². The first-order valence-corrected chi connectivity index (χ1v) is 7.83. The van der Waals surface area contributed by atoms with E-state index >= 15 is 0 Å². The Hall–Kier alpha value is -2.41. The predicted octanol–water partition coefficient (Wildman–Crippen LogP) is 1.67. The number of thiophene rings is 1. The zero-order chi connectivity index (χ0) is 15.9. The molecule has 0 spiro atoms. The Morgan fingerprint density at radius 2 is 2.09 bits per heavy atom. The van der Waals surface area contributed by atoms with Gasteiger partial charge in [-0.25, -0.2) is 4.79 Å². The molecule has 22 heavy (non-hydrogen) atoms. The molecule has 0 bridgehead atoms. The number of anilines is 1. The second-order valence-electron chi connectivity index (χ2n) is 5.05. The van der Waals surface area contributed by atoms with Crippen LogP contribution in [0, 0.1) is 0 Å². The largest absolute Gasteiger partial charge is 0.337 e. The second-order valence-corrected chi connectivity index (χ2v) is 6.03. The number of rotatable bonds is 3. The van der Waals surface area contributed by atoms with Crippen LogP contribution in [0.25, 0.3) is 6.08 Å². The van der Waals surface area contributed by atoms with E-state index in [0.29, 0.717) is 18.1 Å². The molecule has 0 atom stereocenters. The van der Waals surface area contributed by atoms with E-state index in [1.54, 1.807) is 6.08 Å². The molecule has 3 rings (SSSR count). The second kappa shape index (κ2) is 5.42. The lowest BCUT2D eigenvalue weighted by atomic mass is 10.2. The van der Waals surface area contributed by atoms with Crippen LogP contribution in [0.3, 0.4) is 0 Å². The van der Waals surface area contributed by atoms with Gasteiger partial charge in [0, 0.05) is 18.5 Å². The van der Waals surface area contributed by atoms with Gasteiger partial charge in [0.05, 0.1) is 5.70 Å². The fraction of sp³-hybridized carbons (Fsp3) is 0.267. The van der Waals surface area contributed by atoms with Crippen molar-refractivity contribution in [2.24, 2.45) is 7.05 Å². The number of hydrogen-bond donors (Lipinski definition) is 1. The van der Waals surface area contributed by atoms with Crippen molar-refractivity contribution in [2.45, 2.75) is 19.9 Å². The number of Topliss-reactive ketones (excluding diaryl/α,β-unsaturated/α-hetero) is 1. The number of ketones is 1.